The fourth-order valence-corrected chi connectivity index (χ4v) is 29.2. The van der Waals surface area contributed by atoms with E-state index >= 15 is 0 Å². The molecule has 0 bridgehead atoms. The Hall–Kier alpha value is -11.0. The summed E-state index contributed by atoms with van der Waals surface area (Å²) in [4.78, 5) is 122. The van der Waals surface area contributed by atoms with Crippen LogP contribution in [0.5, 0.6) is 0 Å². The van der Waals surface area contributed by atoms with Crippen LogP contribution in [0.2, 0.25) is 0 Å². The number of benzene rings is 4. The summed E-state index contributed by atoms with van der Waals surface area (Å²) in [6, 6.07) is 47.4. The van der Waals surface area contributed by atoms with E-state index in [9.17, 15) is 38.4 Å². The summed E-state index contributed by atoms with van der Waals surface area (Å²) in [5.74, 6) is 3.53. The first-order valence-corrected chi connectivity index (χ1v) is 57.7. The number of carbonyl (C=O) groups excluding carboxylic acids is 8. The van der Waals surface area contributed by atoms with E-state index in [0.29, 0.717) is 104 Å². The second-order valence-corrected chi connectivity index (χ2v) is 46.1. The van der Waals surface area contributed by atoms with E-state index in [2.05, 4.69) is 142 Å². The second kappa shape index (κ2) is 47.9. The second-order valence-electron chi connectivity index (χ2n) is 41.3. The van der Waals surface area contributed by atoms with Gasteiger partial charge in [-0.2, -0.15) is 36.4 Å². The Labute approximate surface area is 873 Å². The number of hydrogen-bond donors (Lipinski definition) is 2. The highest BCUT2D eigenvalue weighted by Gasteiger charge is 2.45. The molecule has 4 aromatic carbocycles. The van der Waals surface area contributed by atoms with E-state index in [1.54, 1.807) is 42.7 Å². The minimum atomic E-state index is -0.353. The number of nitrogens with one attached hydrogen (secondary N) is 2. The van der Waals surface area contributed by atoms with Crippen molar-refractivity contribution in [3.8, 4) is 31.3 Å². The predicted molar refractivity (Wildman–Crippen MR) is 569 cm³/mol. The fraction of sp³-hybridized carbons (Fsp3) is 0.500. The first kappa shape index (κ1) is 101. The molecule has 10 unspecified atom stereocenters. The number of ether oxygens (including phenoxy) is 2. The van der Waals surface area contributed by atoms with Gasteiger partial charge in [0.05, 0.1) is 50.2 Å². The highest BCUT2D eigenvalue weighted by Crippen LogP contribution is 2.45. The molecule has 12 aromatic rings. The zero-order valence-corrected chi connectivity index (χ0v) is 87.9. The van der Waals surface area contributed by atoms with Crippen molar-refractivity contribution in [2.24, 2.45) is 23.7 Å². The topological polar surface area (TPSA) is 312 Å². The monoisotopic (exact) mass is 2070 g/mol. The number of piperidine rings is 4. The molecule has 8 amide bonds. The third-order valence-corrected chi connectivity index (χ3v) is 37.4. The SMILES string of the molecule is Cc1ccc(C2CCCN2C(=O)c2cc(-c3cn[nH]c3)sn2)cc1.Cc1ccc(C2CCCN2C(=O)c2cc(C3CCOCC3)sn2)cc1.O=C(c1cc(-c2ccccc2)sn1)N1CCCC2CCCCC21.O=C(c1cc(-c2cn[nH]c2)sn1)N1CCCC2CCCCC21.O=C(c1cc(C2CCOCC2)sn1)N1CCCC2CCCCC21.O=C1c2ccccc2C(=O)N1c1cc(C(=O)N2CCCC3CCCCC32)ns1. The standard InChI is InChI=1S/C21H21N3O3S.C20H24N2O2S.C19H22N2OS.C18H18N4OS.C18H26N2O2S.C16H20N4OS/c25-19-14-8-2-3-9-15(14)20(26)24(19)18-12-16(22-28-18)21(27)23-11-5-7-13-6-1-4-10-17(13)23;1-14-4-6-15(7-5-14)18-3-2-10-22(18)20(23)17-13-19(25-21-17)16-8-11-24-12-9-16;22-19(21-12-6-10-14-7-4-5-11-17(14)21)16-13-18(23-20-16)15-8-2-1-3-9-15;1-12-4-6-13(7-5-12)16-3-2-8-22(16)18(23)15-9-17(24-21-15)14-10-19-20-11-14;21-18(20-9-3-5-13-4-1-2-6-16(13)20)15-12-17(23-19-15)14-7-10-22-11-8-14;21-16(13-8-15(22-19-13)12-9-17-18-10-12)20-7-3-5-11-4-1-2-6-14(11)20/h2-3,8-9,12-13,17H,1,4-7,10-11H2;4-7,13,16,18H,2-3,8-12H2,1H3;1-3,8-9,13-14,17H,4-7,10-12H2;4-7,9-11,16H,2-3,8H2,1H3,(H,19,20);12-14,16H,1-11H2;8-11,14H,1-7H2,(H,17,18). The number of aromatic nitrogens is 10. The molecule has 760 valence electrons. The molecule has 4 aliphatic carbocycles. The van der Waals surface area contributed by atoms with Crippen LogP contribution in [-0.4, -0.2) is 213 Å². The van der Waals surface area contributed by atoms with Gasteiger partial charge < -0.3 is 38.9 Å². The van der Waals surface area contributed by atoms with Crippen molar-refractivity contribution in [3.63, 3.8) is 0 Å². The molecule has 27 nitrogen and oxygen atoms in total. The number of hydrogen-bond acceptors (Lipinski definition) is 24. The number of imide groups is 1. The molecule has 9 aliphatic heterocycles. The number of carbonyl (C=O) groups is 8. The third-order valence-electron chi connectivity index (χ3n) is 32.3. The number of anilines is 1. The van der Waals surface area contributed by atoms with E-state index in [-0.39, 0.29) is 59.3 Å². The normalized spacial score (nSPS) is 23.6. The van der Waals surface area contributed by atoms with E-state index < -0.39 is 0 Å². The van der Waals surface area contributed by atoms with Crippen molar-refractivity contribution >= 4 is 121 Å². The molecule has 8 saturated heterocycles. The number of fused-ring (bicyclic) bond motifs is 5. The molecule has 25 rings (SSSR count). The van der Waals surface area contributed by atoms with Crippen molar-refractivity contribution in [2.45, 2.75) is 267 Å². The molecule has 0 radical (unpaired) electrons. The molecule has 145 heavy (non-hydrogen) atoms. The van der Waals surface area contributed by atoms with Crippen LogP contribution in [0.25, 0.3) is 31.3 Å². The molecule has 12 fully saturated rings. The number of nitrogens with zero attached hydrogens (tertiary/aromatic N) is 15. The van der Waals surface area contributed by atoms with Gasteiger partial charge in [-0.15, -0.1) is 0 Å². The maximum absolute atomic E-state index is 13.1. The average Bonchev–Trinajstić information content (AvgIpc) is 1.61. The molecule has 13 aliphatic rings. The maximum Gasteiger partial charge on any atom is 0.274 e. The van der Waals surface area contributed by atoms with Crippen LogP contribution in [-0.2, 0) is 9.47 Å². The van der Waals surface area contributed by atoms with Crippen LogP contribution in [0.1, 0.15) is 345 Å². The largest absolute Gasteiger partial charge is 0.381 e. The van der Waals surface area contributed by atoms with Crippen molar-refractivity contribution < 1.29 is 47.8 Å². The van der Waals surface area contributed by atoms with Crippen LogP contribution in [0.3, 0.4) is 0 Å². The Morgan fingerprint density at radius 2 is 0.614 bits per heavy atom. The summed E-state index contributed by atoms with van der Waals surface area (Å²) in [5, 5.41) is 13.9. The van der Waals surface area contributed by atoms with Gasteiger partial charge in [0.25, 0.3) is 47.3 Å². The van der Waals surface area contributed by atoms with Gasteiger partial charge in [0.15, 0.2) is 0 Å². The van der Waals surface area contributed by atoms with Crippen LogP contribution >= 0.6 is 69.2 Å². The van der Waals surface area contributed by atoms with Gasteiger partial charge in [-0.25, -0.2) is 4.90 Å². The average molecular weight is 2070 g/mol. The minimum absolute atomic E-state index is 0.0177. The Morgan fingerprint density at radius 3 is 0.979 bits per heavy atom. The molecule has 2 N–H and O–H groups in total. The summed E-state index contributed by atoms with van der Waals surface area (Å²) in [7, 11) is 0. The van der Waals surface area contributed by atoms with Crippen molar-refractivity contribution in [1.29, 1.82) is 0 Å². The Kier molecular flexibility index (Phi) is 33.4. The highest BCUT2D eigenvalue weighted by atomic mass is 32.1. The summed E-state index contributed by atoms with van der Waals surface area (Å²) in [6.45, 7) is 12.5. The van der Waals surface area contributed by atoms with Crippen LogP contribution < -0.4 is 4.90 Å². The lowest BCUT2D eigenvalue weighted by Crippen LogP contribution is -2.49. The van der Waals surface area contributed by atoms with Gasteiger partial charge in [-0.05, 0) is 332 Å². The zero-order chi connectivity index (χ0) is 99.2. The van der Waals surface area contributed by atoms with E-state index in [4.69, 9.17) is 9.47 Å². The van der Waals surface area contributed by atoms with Crippen molar-refractivity contribution in [2.75, 3.05) is 70.6 Å². The van der Waals surface area contributed by atoms with Gasteiger partial charge in [0.2, 0.25) is 0 Å². The Balaban J connectivity index is 0.000000106. The molecule has 8 aromatic heterocycles. The molecular weight excluding hydrogens is 1940 g/mol. The van der Waals surface area contributed by atoms with Gasteiger partial charge in [-0.3, -0.25) is 48.6 Å². The Morgan fingerprint density at radius 1 is 0.310 bits per heavy atom. The fourth-order valence-electron chi connectivity index (χ4n) is 24.6. The smallest absolute Gasteiger partial charge is 0.274 e. The summed E-state index contributed by atoms with van der Waals surface area (Å²) in [5.41, 5.74) is 12.2. The molecule has 17 heterocycles. The minimum Gasteiger partial charge on any atom is -0.381 e. The number of aromatic amines is 2. The maximum atomic E-state index is 13.1. The predicted octanol–water partition coefficient (Wildman–Crippen LogP) is 23.6. The van der Waals surface area contributed by atoms with Crippen molar-refractivity contribution in [3.05, 3.63) is 242 Å². The third kappa shape index (κ3) is 23.4. The van der Waals surface area contributed by atoms with Crippen LogP contribution in [0.15, 0.2) is 164 Å². The number of likely N-dealkylation sites (tertiary alicyclic amines) is 6. The van der Waals surface area contributed by atoms with Crippen LogP contribution in [0, 0.1) is 37.5 Å². The lowest BCUT2D eigenvalue weighted by Gasteiger charge is -2.43. The summed E-state index contributed by atoms with van der Waals surface area (Å²) < 4.78 is 37.4. The molecule has 33 heteroatoms. The molecule has 10 atom stereocenters. The lowest BCUT2D eigenvalue weighted by atomic mass is 9.78. The molecular formula is C112H131N17O10S6. The Bertz CT molecular complexity index is 6340. The van der Waals surface area contributed by atoms with E-state index in [0.717, 1.165) is 209 Å². The van der Waals surface area contributed by atoms with Gasteiger partial charge in [-0.1, -0.05) is 153 Å². The zero-order valence-electron chi connectivity index (χ0n) is 83.0. The first-order chi connectivity index (χ1) is 71.1. The number of rotatable bonds is 14. The summed E-state index contributed by atoms with van der Waals surface area (Å²) in [6.07, 6.45) is 44.9. The number of aryl methyl sites for hydroxylation is 2. The highest BCUT2D eigenvalue weighted by molar-refractivity contribution is 7.11. The molecule has 4 saturated carbocycles. The van der Waals surface area contributed by atoms with Gasteiger partial charge in [0, 0.05) is 129 Å². The van der Waals surface area contributed by atoms with Gasteiger partial charge >= 0.3 is 0 Å². The lowest BCUT2D eigenvalue weighted by molar-refractivity contribution is 0.0381. The number of H-pyrrole nitrogens is 2. The first-order valence-electron chi connectivity index (χ1n) is 53.0. The van der Waals surface area contributed by atoms with E-state index in [1.807, 2.05) is 69.6 Å². The summed E-state index contributed by atoms with van der Waals surface area (Å²) >= 11 is 8.18. The quantitative estimate of drug-likeness (QED) is 0.0955. The van der Waals surface area contributed by atoms with Gasteiger partial charge in [0.1, 0.15) is 39.2 Å². The molecule has 0 spiro atoms. The van der Waals surface area contributed by atoms with E-state index in [1.165, 1.54) is 205 Å². The van der Waals surface area contributed by atoms with Crippen molar-refractivity contribution in [1.82, 2.24) is 76.0 Å². The number of amides is 8. The van der Waals surface area contributed by atoms with Crippen LogP contribution in [0.4, 0.5) is 5.00 Å².